The Balaban J connectivity index is 2.11. The number of carboxylic acids is 2. The number of benzene rings is 1. The summed E-state index contributed by atoms with van der Waals surface area (Å²) < 4.78 is 0. The van der Waals surface area contributed by atoms with E-state index < -0.39 is 153 Å². The van der Waals surface area contributed by atoms with Gasteiger partial charge in [0, 0.05) is 18.7 Å². The standard InChI is InChI=1S/C36H53N9O18S/c37-18(15-64)28(54)40-21(10-46)30(56)42-23(12-48)32(58)44-25(14-50)33(59)43-24(13-49)31(57)41-22(11-47)29(55)38-19(9-27(52)53)35(61)45-7-1-2-26(45)34(60)39-20(36(62)63)8-16-3-5-17(51)6-4-16/h3-6,18-26,46-51,64H,1-2,7-15,37H2,(H,38,55)(H,39,60)(H,40,54)(H,41,57)(H,42,56)(H,43,59)(H,44,58)(H,52,53)(H,62,63)/t18-,19-,20-,21-,22-,23-,24-,25-,26-/m0/s1. The number of aliphatic carboxylic acids is 2. The lowest BCUT2D eigenvalue weighted by atomic mass is 10.0. The Morgan fingerprint density at radius 2 is 1.00 bits per heavy atom. The number of phenolic OH excluding ortho intramolecular Hbond substituents is 1. The zero-order valence-corrected chi connectivity index (χ0v) is 34.8. The van der Waals surface area contributed by atoms with Crippen LogP contribution >= 0.6 is 12.6 Å². The number of amides is 8. The number of thiol groups is 1. The number of carbonyl (C=O) groups excluding carboxylic acids is 8. The summed E-state index contributed by atoms with van der Waals surface area (Å²) in [5.41, 5.74) is 5.96. The normalized spacial score (nSPS) is 17.1. The molecule has 28 heteroatoms. The van der Waals surface area contributed by atoms with Gasteiger partial charge < -0.3 is 88.7 Å². The molecule has 0 spiro atoms. The smallest absolute Gasteiger partial charge is 0.326 e. The number of nitrogens with zero attached hydrogens (tertiary/aromatic N) is 1. The molecule has 1 fully saturated rings. The Kier molecular flexibility index (Phi) is 22.3. The van der Waals surface area contributed by atoms with Crippen LogP contribution in [0.3, 0.4) is 0 Å². The molecule has 1 heterocycles. The first-order valence-electron chi connectivity index (χ1n) is 19.3. The van der Waals surface area contributed by atoms with E-state index in [1.165, 1.54) is 24.3 Å². The first kappa shape index (κ1) is 54.0. The number of aliphatic hydroxyl groups excluding tert-OH is 5. The monoisotopic (exact) mass is 931 g/mol. The molecular formula is C36H53N9O18S. The van der Waals surface area contributed by atoms with Gasteiger partial charge in [0.1, 0.15) is 54.1 Å². The van der Waals surface area contributed by atoms with Crippen LogP contribution in [0.25, 0.3) is 0 Å². The molecule has 0 saturated carbocycles. The number of aromatic hydroxyl groups is 1. The van der Waals surface area contributed by atoms with E-state index in [2.05, 4.69) is 28.6 Å². The number of rotatable bonds is 26. The Labute approximate surface area is 368 Å². The van der Waals surface area contributed by atoms with Gasteiger partial charge in [-0.25, -0.2) is 4.79 Å². The SMILES string of the molecule is N[C@@H](CS)C(=O)N[C@@H](CO)C(=O)N[C@@H](CO)C(=O)N[C@@H](CO)C(=O)N[C@@H](CO)C(=O)N[C@@H](CO)C(=O)N[C@@H](CC(=O)O)C(=O)N1CCC[C@H]1C(=O)N[C@@H](Cc1ccc(O)cc1)C(=O)O. The topological polar surface area (TPSA) is 446 Å². The number of carbonyl (C=O) groups is 10. The van der Waals surface area contributed by atoms with Crippen molar-refractivity contribution in [3.63, 3.8) is 0 Å². The van der Waals surface area contributed by atoms with Gasteiger partial charge in [-0.3, -0.25) is 43.2 Å². The molecule has 1 saturated heterocycles. The van der Waals surface area contributed by atoms with Gasteiger partial charge >= 0.3 is 11.9 Å². The van der Waals surface area contributed by atoms with Gasteiger partial charge in [0.15, 0.2) is 0 Å². The third-order valence-electron chi connectivity index (χ3n) is 9.43. The summed E-state index contributed by atoms with van der Waals surface area (Å²) in [4.78, 5) is 128. The van der Waals surface area contributed by atoms with Crippen LogP contribution in [0.5, 0.6) is 5.75 Å². The molecule has 0 aromatic heterocycles. The molecular weight excluding hydrogens is 879 g/mol. The minimum atomic E-state index is -1.97. The summed E-state index contributed by atoms with van der Waals surface area (Å²) >= 11 is 3.84. The maximum atomic E-state index is 13.7. The van der Waals surface area contributed by atoms with Crippen LogP contribution in [-0.4, -0.2) is 205 Å². The van der Waals surface area contributed by atoms with Crippen molar-refractivity contribution >= 4 is 71.8 Å². The Morgan fingerprint density at radius 1 is 0.609 bits per heavy atom. The number of nitrogens with two attached hydrogens (primary N) is 1. The van der Waals surface area contributed by atoms with Gasteiger partial charge in [-0.2, -0.15) is 12.6 Å². The van der Waals surface area contributed by atoms with E-state index in [4.69, 9.17) is 5.73 Å². The molecule has 356 valence electrons. The maximum Gasteiger partial charge on any atom is 0.326 e. The highest BCUT2D eigenvalue weighted by atomic mass is 32.1. The summed E-state index contributed by atoms with van der Waals surface area (Å²) in [6.45, 7) is -5.74. The van der Waals surface area contributed by atoms with Gasteiger partial charge in [0.25, 0.3) is 0 Å². The number of hydrogen-bond acceptors (Lipinski definition) is 18. The van der Waals surface area contributed by atoms with Crippen molar-refractivity contribution in [2.24, 2.45) is 5.73 Å². The fraction of sp³-hybridized carbons (Fsp3) is 0.556. The molecule has 1 aliphatic rings. The summed E-state index contributed by atoms with van der Waals surface area (Å²) in [6.07, 6.45) is -1.02. The van der Waals surface area contributed by atoms with Gasteiger partial charge in [-0.1, -0.05) is 12.1 Å². The van der Waals surface area contributed by atoms with E-state index in [0.29, 0.717) is 5.56 Å². The van der Waals surface area contributed by atoms with Gasteiger partial charge in [0.05, 0.1) is 45.5 Å². The fourth-order valence-corrected chi connectivity index (χ4v) is 6.07. The third kappa shape index (κ3) is 16.2. The molecule has 9 atom stereocenters. The maximum absolute atomic E-state index is 13.7. The van der Waals surface area contributed by atoms with Crippen LogP contribution in [0.1, 0.15) is 24.8 Å². The van der Waals surface area contributed by atoms with E-state index in [0.717, 1.165) is 4.90 Å². The number of aliphatic hydroxyl groups is 5. The zero-order chi connectivity index (χ0) is 48.3. The Morgan fingerprint density at radius 3 is 1.36 bits per heavy atom. The minimum Gasteiger partial charge on any atom is -0.508 e. The third-order valence-corrected chi connectivity index (χ3v) is 9.83. The Bertz CT molecular complexity index is 1840. The van der Waals surface area contributed by atoms with E-state index in [1.54, 1.807) is 0 Å². The molecule has 1 aromatic rings. The first-order chi connectivity index (χ1) is 30.2. The molecule has 0 radical (unpaired) electrons. The van der Waals surface area contributed by atoms with Crippen LogP contribution in [0.2, 0.25) is 0 Å². The second-order valence-electron chi connectivity index (χ2n) is 14.1. The number of nitrogens with one attached hydrogen (secondary N) is 7. The number of likely N-dealkylation sites (tertiary alicyclic amines) is 1. The van der Waals surface area contributed by atoms with E-state index in [9.17, 15) is 88.8 Å². The van der Waals surface area contributed by atoms with Crippen molar-refractivity contribution < 1.29 is 88.8 Å². The van der Waals surface area contributed by atoms with Gasteiger partial charge in [-0.15, -0.1) is 0 Å². The van der Waals surface area contributed by atoms with Gasteiger partial charge in [0.2, 0.25) is 47.3 Å². The van der Waals surface area contributed by atoms with Crippen LogP contribution in [0.4, 0.5) is 0 Å². The lowest BCUT2D eigenvalue weighted by Gasteiger charge is -2.30. The summed E-state index contributed by atoms with van der Waals surface area (Å²) in [6, 6.07) is -9.69. The largest absolute Gasteiger partial charge is 0.508 e. The average molecular weight is 932 g/mol. The lowest BCUT2D eigenvalue weighted by molar-refractivity contribution is -0.147. The first-order valence-corrected chi connectivity index (χ1v) is 19.9. The zero-order valence-electron chi connectivity index (χ0n) is 33.9. The summed E-state index contributed by atoms with van der Waals surface area (Å²) in [5.74, 6) is -12.6. The van der Waals surface area contributed by atoms with E-state index in [1.807, 2.05) is 21.3 Å². The van der Waals surface area contributed by atoms with Gasteiger partial charge in [-0.05, 0) is 30.5 Å². The fourth-order valence-electron chi connectivity index (χ4n) is 5.91. The molecule has 2 rings (SSSR count). The Hall–Kier alpha value is -6.17. The second kappa shape index (κ2) is 26.5. The summed E-state index contributed by atoms with van der Waals surface area (Å²) in [7, 11) is 0. The molecule has 1 aliphatic heterocycles. The average Bonchev–Trinajstić information content (AvgIpc) is 3.76. The second-order valence-corrected chi connectivity index (χ2v) is 14.5. The molecule has 1 aromatic carbocycles. The van der Waals surface area contributed by atoms with Crippen LogP contribution < -0.4 is 43.0 Å². The number of carboxylic acid groups (broad SMARTS) is 2. The summed E-state index contributed by atoms with van der Waals surface area (Å²) in [5, 5.41) is 92.1. The lowest BCUT2D eigenvalue weighted by Crippen LogP contribution is -2.62. The van der Waals surface area contributed by atoms with Crippen LogP contribution in [-0.2, 0) is 54.4 Å². The van der Waals surface area contributed by atoms with Crippen molar-refractivity contribution in [1.29, 1.82) is 0 Å². The minimum absolute atomic E-state index is 0.0267. The number of hydrogen-bond donors (Lipinski definition) is 17. The highest BCUT2D eigenvalue weighted by Gasteiger charge is 2.40. The highest BCUT2D eigenvalue weighted by molar-refractivity contribution is 7.80. The molecule has 0 aliphatic carbocycles. The van der Waals surface area contributed by atoms with E-state index >= 15 is 0 Å². The molecule has 0 bridgehead atoms. The predicted octanol–water partition coefficient (Wildman–Crippen LogP) is -8.90. The van der Waals surface area contributed by atoms with Crippen molar-refractivity contribution in [1.82, 2.24) is 42.1 Å². The predicted molar refractivity (Wildman–Crippen MR) is 217 cm³/mol. The van der Waals surface area contributed by atoms with Crippen molar-refractivity contribution in [3.8, 4) is 5.75 Å². The molecule has 27 nitrogen and oxygen atoms in total. The molecule has 0 unspecified atom stereocenters. The molecule has 17 N–H and O–H groups in total. The van der Waals surface area contributed by atoms with E-state index in [-0.39, 0.29) is 37.3 Å². The molecule has 8 amide bonds. The highest BCUT2D eigenvalue weighted by Crippen LogP contribution is 2.20. The molecule has 64 heavy (non-hydrogen) atoms. The number of phenols is 1. The van der Waals surface area contributed by atoms with Crippen molar-refractivity contribution in [2.75, 3.05) is 45.3 Å². The quantitative estimate of drug-likeness (QED) is 0.0384. The van der Waals surface area contributed by atoms with Crippen molar-refractivity contribution in [2.45, 2.75) is 80.1 Å². The van der Waals surface area contributed by atoms with Crippen LogP contribution in [0.15, 0.2) is 24.3 Å². The van der Waals surface area contributed by atoms with Crippen LogP contribution in [0, 0.1) is 0 Å². The van der Waals surface area contributed by atoms with Crippen molar-refractivity contribution in [3.05, 3.63) is 29.8 Å².